The second kappa shape index (κ2) is 8.42. The zero-order valence-electron chi connectivity index (χ0n) is 16.7. The number of nitrogens with zero attached hydrogens (tertiary/aromatic N) is 4. The highest BCUT2D eigenvalue weighted by atomic mass is 35.5. The van der Waals surface area contributed by atoms with E-state index >= 15 is 0 Å². The molecule has 31 heavy (non-hydrogen) atoms. The van der Waals surface area contributed by atoms with Crippen LogP contribution in [0.3, 0.4) is 0 Å². The molecule has 0 saturated carbocycles. The van der Waals surface area contributed by atoms with E-state index in [1.807, 2.05) is 37.3 Å². The van der Waals surface area contributed by atoms with Crippen LogP contribution in [0.2, 0.25) is 5.02 Å². The largest absolute Gasteiger partial charge is 0.368 e. The molecule has 0 bridgehead atoms. The van der Waals surface area contributed by atoms with E-state index in [1.165, 1.54) is 6.07 Å². The quantitative estimate of drug-likeness (QED) is 0.519. The standard InChI is InChI=1S/C24H18ClN5O/c1-15-18(13-26)5-3-7-20(15)22-12-21(28-24(27)29-22)17-8-9-30(23(31)11-17)14-16-4-2-6-19(25)10-16/h2-12H,14H2,1H3,(H2,27,28,29). The van der Waals surface area contributed by atoms with Gasteiger partial charge in [0.05, 0.1) is 29.6 Å². The van der Waals surface area contributed by atoms with Gasteiger partial charge in [0, 0.05) is 28.4 Å². The first kappa shape index (κ1) is 20.3. The van der Waals surface area contributed by atoms with Crippen molar-refractivity contribution < 1.29 is 0 Å². The lowest BCUT2D eigenvalue weighted by Gasteiger charge is -2.11. The molecule has 0 fully saturated rings. The molecule has 152 valence electrons. The predicted octanol–water partition coefficient (Wildman–Crippen LogP) is 4.44. The Morgan fingerprint density at radius 1 is 1.06 bits per heavy atom. The van der Waals surface area contributed by atoms with Crippen LogP contribution in [0.25, 0.3) is 22.5 Å². The van der Waals surface area contributed by atoms with Gasteiger partial charge in [-0.1, -0.05) is 35.9 Å². The van der Waals surface area contributed by atoms with Gasteiger partial charge in [-0.05, 0) is 48.4 Å². The summed E-state index contributed by atoms with van der Waals surface area (Å²) in [7, 11) is 0. The Balaban J connectivity index is 1.72. The molecule has 4 aromatic rings. The first-order chi connectivity index (χ1) is 14.9. The van der Waals surface area contributed by atoms with Crippen LogP contribution in [-0.4, -0.2) is 14.5 Å². The fourth-order valence-electron chi connectivity index (χ4n) is 3.42. The van der Waals surface area contributed by atoms with Crippen LogP contribution >= 0.6 is 11.6 Å². The van der Waals surface area contributed by atoms with Gasteiger partial charge in [0.15, 0.2) is 0 Å². The monoisotopic (exact) mass is 427 g/mol. The average molecular weight is 428 g/mol. The van der Waals surface area contributed by atoms with E-state index in [2.05, 4.69) is 16.0 Å². The number of pyridine rings is 1. The van der Waals surface area contributed by atoms with Gasteiger partial charge in [-0.2, -0.15) is 5.26 Å². The summed E-state index contributed by atoms with van der Waals surface area (Å²) in [4.78, 5) is 21.3. The third-order valence-electron chi connectivity index (χ3n) is 5.01. The van der Waals surface area contributed by atoms with Crippen LogP contribution in [0, 0.1) is 18.3 Å². The highest BCUT2D eigenvalue weighted by molar-refractivity contribution is 6.30. The number of halogens is 1. The number of hydrogen-bond donors (Lipinski definition) is 1. The van der Waals surface area contributed by atoms with Gasteiger partial charge in [-0.15, -0.1) is 0 Å². The lowest BCUT2D eigenvalue weighted by atomic mass is 9.99. The maximum Gasteiger partial charge on any atom is 0.251 e. The molecule has 0 aliphatic carbocycles. The Labute approximate surface area is 184 Å². The van der Waals surface area contributed by atoms with Gasteiger partial charge in [0.1, 0.15) is 0 Å². The molecule has 7 heteroatoms. The van der Waals surface area contributed by atoms with E-state index in [1.54, 1.807) is 35.0 Å². The van der Waals surface area contributed by atoms with Crippen molar-refractivity contribution in [3.63, 3.8) is 0 Å². The topological polar surface area (TPSA) is 97.6 Å². The third kappa shape index (κ3) is 4.32. The summed E-state index contributed by atoms with van der Waals surface area (Å²) in [6.07, 6.45) is 1.72. The highest BCUT2D eigenvalue weighted by Crippen LogP contribution is 2.27. The number of nitriles is 1. The van der Waals surface area contributed by atoms with Crippen molar-refractivity contribution in [2.45, 2.75) is 13.5 Å². The van der Waals surface area contributed by atoms with Crippen LogP contribution in [0.5, 0.6) is 0 Å². The Morgan fingerprint density at radius 2 is 1.84 bits per heavy atom. The van der Waals surface area contributed by atoms with Crippen molar-refractivity contribution in [1.82, 2.24) is 14.5 Å². The van der Waals surface area contributed by atoms with Crippen molar-refractivity contribution in [3.8, 4) is 28.6 Å². The van der Waals surface area contributed by atoms with Crippen molar-refractivity contribution in [1.29, 1.82) is 5.26 Å². The summed E-state index contributed by atoms with van der Waals surface area (Å²) in [5.74, 6) is 0.0948. The Hall–Kier alpha value is -3.95. The average Bonchev–Trinajstić information content (AvgIpc) is 2.75. The zero-order chi connectivity index (χ0) is 22.0. The van der Waals surface area contributed by atoms with E-state index in [4.69, 9.17) is 17.3 Å². The van der Waals surface area contributed by atoms with E-state index in [9.17, 15) is 10.1 Å². The number of benzene rings is 2. The fourth-order valence-corrected chi connectivity index (χ4v) is 3.63. The number of anilines is 1. The first-order valence-corrected chi connectivity index (χ1v) is 9.92. The Bertz CT molecular complexity index is 1390. The number of hydrogen-bond acceptors (Lipinski definition) is 5. The minimum atomic E-state index is -0.168. The lowest BCUT2D eigenvalue weighted by molar-refractivity contribution is 0.760. The minimum Gasteiger partial charge on any atom is -0.368 e. The van der Waals surface area contributed by atoms with E-state index in [0.717, 1.165) is 16.7 Å². The van der Waals surface area contributed by atoms with Gasteiger partial charge in [0.2, 0.25) is 5.95 Å². The molecular formula is C24H18ClN5O. The summed E-state index contributed by atoms with van der Waals surface area (Å²) >= 11 is 6.04. The molecule has 0 radical (unpaired) electrons. The number of nitrogens with two attached hydrogens (primary N) is 1. The maximum absolute atomic E-state index is 12.7. The van der Waals surface area contributed by atoms with Crippen LogP contribution in [-0.2, 0) is 6.54 Å². The summed E-state index contributed by atoms with van der Waals surface area (Å²) < 4.78 is 1.60. The zero-order valence-corrected chi connectivity index (χ0v) is 17.5. The van der Waals surface area contributed by atoms with Crippen LogP contribution in [0.1, 0.15) is 16.7 Å². The minimum absolute atomic E-state index is 0.0948. The maximum atomic E-state index is 12.7. The summed E-state index contributed by atoms with van der Waals surface area (Å²) in [6.45, 7) is 2.28. The molecule has 0 spiro atoms. The molecule has 0 amide bonds. The van der Waals surface area contributed by atoms with Crippen molar-refractivity contribution >= 4 is 17.5 Å². The number of aromatic nitrogens is 3. The molecule has 6 nitrogen and oxygen atoms in total. The molecule has 0 unspecified atom stereocenters. The van der Waals surface area contributed by atoms with Gasteiger partial charge < -0.3 is 10.3 Å². The fraction of sp³-hybridized carbons (Fsp3) is 0.0833. The molecule has 0 aliphatic heterocycles. The first-order valence-electron chi connectivity index (χ1n) is 9.54. The van der Waals surface area contributed by atoms with E-state index in [0.29, 0.717) is 34.1 Å². The molecule has 4 rings (SSSR count). The van der Waals surface area contributed by atoms with Crippen molar-refractivity contribution in [2.75, 3.05) is 5.73 Å². The van der Waals surface area contributed by atoms with Gasteiger partial charge in [0.25, 0.3) is 5.56 Å². The normalized spacial score (nSPS) is 10.6. The van der Waals surface area contributed by atoms with Crippen LogP contribution in [0.15, 0.2) is 71.7 Å². The summed E-state index contributed by atoms with van der Waals surface area (Å²) in [6, 6.07) is 20.1. The second-order valence-corrected chi connectivity index (χ2v) is 7.53. The van der Waals surface area contributed by atoms with Crippen molar-refractivity contribution in [2.24, 2.45) is 0 Å². The highest BCUT2D eigenvalue weighted by Gasteiger charge is 2.12. The molecule has 0 aliphatic rings. The van der Waals surface area contributed by atoms with Crippen LogP contribution in [0.4, 0.5) is 5.95 Å². The molecular weight excluding hydrogens is 410 g/mol. The second-order valence-electron chi connectivity index (χ2n) is 7.10. The smallest absolute Gasteiger partial charge is 0.251 e. The van der Waals surface area contributed by atoms with Gasteiger partial charge in [-0.3, -0.25) is 4.79 Å². The van der Waals surface area contributed by atoms with Gasteiger partial charge >= 0.3 is 0 Å². The number of nitrogen functional groups attached to an aromatic ring is 1. The van der Waals surface area contributed by atoms with Crippen molar-refractivity contribution in [3.05, 3.63) is 98.9 Å². The molecule has 0 saturated heterocycles. The number of rotatable bonds is 4. The van der Waals surface area contributed by atoms with E-state index in [-0.39, 0.29) is 11.5 Å². The Morgan fingerprint density at radius 3 is 2.58 bits per heavy atom. The van der Waals surface area contributed by atoms with Gasteiger partial charge in [-0.25, -0.2) is 9.97 Å². The molecule has 2 aromatic carbocycles. The van der Waals surface area contributed by atoms with Crippen LogP contribution < -0.4 is 11.3 Å². The van der Waals surface area contributed by atoms with E-state index < -0.39 is 0 Å². The predicted molar refractivity (Wildman–Crippen MR) is 122 cm³/mol. The molecule has 0 atom stereocenters. The molecule has 2 heterocycles. The molecule has 2 aromatic heterocycles. The summed E-state index contributed by atoms with van der Waals surface area (Å²) in [5.41, 5.74) is 10.7. The Kier molecular flexibility index (Phi) is 5.52. The third-order valence-corrected chi connectivity index (χ3v) is 5.24. The molecule has 2 N–H and O–H groups in total. The summed E-state index contributed by atoms with van der Waals surface area (Å²) in [5, 5.41) is 9.93. The SMILES string of the molecule is Cc1c(C#N)cccc1-c1cc(-c2ccn(Cc3cccc(Cl)c3)c(=O)c2)nc(N)n1. The lowest BCUT2D eigenvalue weighted by Crippen LogP contribution is -2.19.